The van der Waals surface area contributed by atoms with E-state index in [1.807, 2.05) is 32.1 Å². The van der Waals surface area contributed by atoms with E-state index in [-0.39, 0.29) is 5.91 Å². The molecule has 0 unspecified atom stereocenters. The highest BCUT2D eigenvalue weighted by Crippen LogP contribution is 2.27. The summed E-state index contributed by atoms with van der Waals surface area (Å²) in [4.78, 5) is 18.7. The highest BCUT2D eigenvalue weighted by molar-refractivity contribution is 5.93. The van der Waals surface area contributed by atoms with Gasteiger partial charge in [0, 0.05) is 51.7 Å². The molecule has 142 valence electrons. The number of carbonyl (C=O) groups excluding carboxylic acids is 1. The van der Waals surface area contributed by atoms with Crippen LogP contribution in [0.5, 0.6) is 0 Å². The van der Waals surface area contributed by atoms with Crippen LogP contribution in [0.25, 0.3) is 0 Å². The van der Waals surface area contributed by atoms with Gasteiger partial charge in [0.25, 0.3) is 5.91 Å². The molecule has 0 N–H and O–H groups in total. The van der Waals surface area contributed by atoms with Gasteiger partial charge in [-0.2, -0.15) is 5.10 Å². The number of nitrogens with zero attached hydrogens (tertiary/aromatic N) is 8. The van der Waals surface area contributed by atoms with E-state index in [0.717, 1.165) is 43.4 Å². The minimum atomic E-state index is 0.0517. The lowest BCUT2D eigenvalue weighted by Gasteiger charge is -2.31. The van der Waals surface area contributed by atoms with Crippen molar-refractivity contribution >= 4 is 5.91 Å². The van der Waals surface area contributed by atoms with E-state index in [2.05, 4.69) is 29.4 Å². The second-order valence-electron chi connectivity index (χ2n) is 7.10. The number of aryl methyl sites for hydroxylation is 2. The molecular formula is C18H24N8O. The Bertz CT molecular complexity index is 944. The quantitative estimate of drug-likeness (QED) is 0.689. The van der Waals surface area contributed by atoms with Crippen molar-refractivity contribution < 1.29 is 4.79 Å². The van der Waals surface area contributed by atoms with Gasteiger partial charge in [0.1, 0.15) is 11.6 Å². The molecule has 9 nitrogen and oxygen atoms in total. The topological polar surface area (TPSA) is 86.7 Å². The van der Waals surface area contributed by atoms with Gasteiger partial charge in [-0.1, -0.05) is 0 Å². The Labute approximate surface area is 157 Å². The van der Waals surface area contributed by atoms with E-state index in [1.165, 1.54) is 0 Å². The van der Waals surface area contributed by atoms with Gasteiger partial charge >= 0.3 is 0 Å². The molecule has 1 saturated heterocycles. The minimum absolute atomic E-state index is 0.0517. The minimum Gasteiger partial charge on any atom is -0.339 e. The number of amides is 1. The Morgan fingerprint density at radius 3 is 2.63 bits per heavy atom. The van der Waals surface area contributed by atoms with E-state index >= 15 is 0 Å². The summed E-state index contributed by atoms with van der Waals surface area (Å²) in [5.74, 6) is 3.24. The monoisotopic (exact) mass is 368 g/mol. The Morgan fingerprint density at radius 1 is 1.22 bits per heavy atom. The van der Waals surface area contributed by atoms with Gasteiger partial charge < -0.3 is 14.0 Å². The second kappa shape index (κ2) is 6.98. The molecule has 4 heterocycles. The van der Waals surface area contributed by atoms with E-state index in [0.29, 0.717) is 18.0 Å². The molecule has 9 heteroatoms. The number of likely N-dealkylation sites (tertiary alicyclic amines) is 1. The first kappa shape index (κ1) is 17.4. The molecule has 1 amide bonds. The van der Waals surface area contributed by atoms with E-state index in [4.69, 9.17) is 0 Å². The summed E-state index contributed by atoms with van der Waals surface area (Å²) in [6.07, 6.45) is 8.92. The normalized spacial score (nSPS) is 15.4. The summed E-state index contributed by atoms with van der Waals surface area (Å²) in [5.41, 5.74) is 0.646. The molecule has 1 fully saturated rings. The first-order valence-electron chi connectivity index (χ1n) is 9.16. The summed E-state index contributed by atoms with van der Waals surface area (Å²) in [6, 6.07) is 0. The average Bonchev–Trinajstić information content (AvgIpc) is 3.37. The average molecular weight is 368 g/mol. The zero-order chi connectivity index (χ0) is 19.0. The maximum absolute atomic E-state index is 12.6. The van der Waals surface area contributed by atoms with Crippen LogP contribution in [0.2, 0.25) is 0 Å². The second-order valence-corrected chi connectivity index (χ2v) is 7.10. The number of carbonyl (C=O) groups is 1. The van der Waals surface area contributed by atoms with Crippen LogP contribution in [-0.4, -0.2) is 58.0 Å². The first-order chi connectivity index (χ1) is 13.0. The summed E-state index contributed by atoms with van der Waals surface area (Å²) in [6.45, 7) is 4.09. The molecular weight excluding hydrogens is 344 g/mol. The van der Waals surface area contributed by atoms with Crippen molar-refractivity contribution in [2.45, 2.75) is 32.2 Å². The van der Waals surface area contributed by atoms with Gasteiger partial charge in [-0.15, -0.1) is 10.2 Å². The van der Waals surface area contributed by atoms with Crippen LogP contribution in [0.4, 0.5) is 0 Å². The van der Waals surface area contributed by atoms with E-state index < -0.39 is 0 Å². The molecule has 27 heavy (non-hydrogen) atoms. The summed E-state index contributed by atoms with van der Waals surface area (Å²) >= 11 is 0. The molecule has 0 aliphatic carbocycles. The predicted molar refractivity (Wildman–Crippen MR) is 98.2 cm³/mol. The molecule has 0 saturated carbocycles. The summed E-state index contributed by atoms with van der Waals surface area (Å²) < 4.78 is 5.80. The lowest BCUT2D eigenvalue weighted by atomic mass is 9.95. The maximum Gasteiger partial charge on any atom is 0.257 e. The third kappa shape index (κ3) is 3.36. The molecule has 1 aliphatic rings. The SMILES string of the molecule is Cc1nccn1Cc1nnc(C2CCN(C(=O)c3cnn(C)c3)CC2)n1C. The van der Waals surface area contributed by atoms with Gasteiger partial charge in [-0.25, -0.2) is 4.98 Å². The lowest BCUT2D eigenvalue weighted by Crippen LogP contribution is -2.38. The van der Waals surface area contributed by atoms with Crippen LogP contribution >= 0.6 is 0 Å². The number of rotatable bonds is 4. The first-order valence-corrected chi connectivity index (χ1v) is 9.16. The van der Waals surface area contributed by atoms with Crippen molar-refractivity contribution in [1.82, 2.24) is 39.0 Å². The number of imidazole rings is 1. The third-order valence-corrected chi connectivity index (χ3v) is 5.33. The van der Waals surface area contributed by atoms with Crippen molar-refractivity contribution in [3.8, 4) is 0 Å². The van der Waals surface area contributed by atoms with E-state index in [1.54, 1.807) is 23.3 Å². The molecule has 0 bridgehead atoms. The molecule has 0 radical (unpaired) electrons. The Morgan fingerprint density at radius 2 is 2.00 bits per heavy atom. The van der Waals surface area contributed by atoms with Crippen LogP contribution in [0.1, 0.15) is 46.6 Å². The highest BCUT2D eigenvalue weighted by atomic mass is 16.2. The van der Waals surface area contributed by atoms with E-state index in [9.17, 15) is 4.79 Å². The third-order valence-electron chi connectivity index (χ3n) is 5.33. The molecule has 0 spiro atoms. The predicted octanol–water partition coefficient (Wildman–Crippen LogP) is 1.12. The zero-order valence-corrected chi connectivity index (χ0v) is 15.9. The number of piperidine rings is 1. The highest BCUT2D eigenvalue weighted by Gasteiger charge is 2.28. The van der Waals surface area contributed by atoms with Gasteiger partial charge in [0.15, 0.2) is 5.82 Å². The van der Waals surface area contributed by atoms with Crippen molar-refractivity contribution in [3.05, 3.63) is 47.8 Å². The molecule has 0 atom stereocenters. The summed E-state index contributed by atoms with van der Waals surface area (Å²) in [5, 5.41) is 12.9. The van der Waals surface area contributed by atoms with Crippen LogP contribution in [0.15, 0.2) is 24.8 Å². The van der Waals surface area contributed by atoms with Crippen molar-refractivity contribution in [3.63, 3.8) is 0 Å². The molecule has 0 aromatic carbocycles. The van der Waals surface area contributed by atoms with Crippen LogP contribution < -0.4 is 0 Å². The largest absolute Gasteiger partial charge is 0.339 e. The Kier molecular flexibility index (Phi) is 4.51. The van der Waals surface area contributed by atoms with Crippen molar-refractivity contribution in [2.24, 2.45) is 14.1 Å². The maximum atomic E-state index is 12.6. The number of hydrogen-bond acceptors (Lipinski definition) is 5. The Hall–Kier alpha value is -2.97. The van der Waals surface area contributed by atoms with Gasteiger partial charge in [0.05, 0.1) is 18.3 Å². The van der Waals surface area contributed by atoms with Crippen molar-refractivity contribution in [2.75, 3.05) is 13.1 Å². The molecule has 3 aromatic rings. The number of hydrogen-bond donors (Lipinski definition) is 0. The number of aromatic nitrogens is 7. The molecule has 4 rings (SSSR count). The van der Waals surface area contributed by atoms with Gasteiger partial charge in [-0.05, 0) is 19.8 Å². The van der Waals surface area contributed by atoms with Crippen molar-refractivity contribution in [1.29, 1.82) is 0 Å². The zero-order valence-electron chi connectivity index (χ0n) is 15.9. The lowest BCUT2D eigenvalue weighted by molar-refractivity contribution is 0.0710. The van der Waals surface area contributed by atoms with Gasteiger partial charge in [0.2, 0.25) is 0 Å². The summed E-state index contributed by atoms with van der Waals surface area (Å²) in [7, 11) is 3.84. The standard InChI is InChI=1S/C18H24N8O/c1-13-19-6-9-26(13)12-16-21-22-17(24(16)3)14-4-7-25(8-5-14)18(27)15-10-20-23(2)11-15/h6,9-11,14H,4-5,7-8,12H2,1-3H3. The molecule has 1 aliphatic heterocycles. The fourth-order valence-electron chi connectivity index (χ4n) is 3.65. The fraction of sp³-hybridized carbons (Fsp3) is 0.500. The Balaban J connectivity index is 1.41. The van der Waals surface area contributed by atoms with Gasteiger partial charge in [-0.3, -0.25) is 9.48 Å². The smallest absolute Gasteiger partial charge is 0.257 e. The van der Waals surface area contributed by atoms with Crippen LogP contribution in [0.3, 0.4) is 0 Å². The van der Waals surface area contributed by atoms with Crippen LogP contribution in [0, 0.1) is 6.92 Å². The van der Waals surface area contributed by atoms with Crippen LogP contribution in [-0.2, 0) is 20.6 Å². The fourth-order valence-corrected chi connectivity index (χ4v) is 3.65. The molecule has 3 aromatic heterocycles.